The SMILES string of the molecule is C#CCC[C@H](C(C)C)C(C#C)[C@@H](O)C(=O)OCC. The Morgan fingerprint density at radius 3 is 2.39 bits per heavy atom. The maximum absolute atomic E-state index is 11.5. The molecule has 0 aromatic carbocycles. The highest BCUT2D eigenvalue weighted by molar-refractivity contribution is 5.75. The van der Waals surface area contributed by atoms with Gasteiger partial charge < -0.3 is 9.84 Å². The molecule has 0 aromatic heterocycles. The lowest BCUT2D eigenvalue weighted by atomic mass is 9.78. The molecule has 100 valence electrons. The van der Waals surface area contributed by atoms with Crippen LogP contribution in [0.25, 0.3) is 0 Å². The van der Waals surface area contributed by atoms with Gasteiger partial charge in [-0.15, -0.1) is 18.8 Å². The van der Waals surface area contributed by atoms with Crippen LogP contribution in [0.4, 0.5) is 0 Å². The van der Waals surface area contributed by atoms with Gasteiger partial charge in [0, 0.05) is 6.42 Å². The molecule has 0 bridgehead atoms. The van der Waals surface area contributed by atoms with Crippen molar-refractivity contribution in [1.82, 2.24) is 0 Å². The lowest BCUT2D eigenvalue weighted by Gasteiger charge is -2.28. The van der Waals surface area contributed by atoms with E-state index in [1.165, 1.54) is 0 Å². The monoisotopic (exact) mass is 250 g/mol. The highest BCUT2D eigenvalue weighted by Gasteiger charge is 2.33. The van der Waals surface area contributed by atoms with E-state index in [4.69, 9.17) is 17.6 Å². The smallest absolute Gasteiger partial charge is 0.336 e. The van der Waals surface area contributed by atoms with E-state index < -0.39 is 18.0 Å². The number of aliphatic hydroxyl groups excluding tert-OH is 1. The number of hydrogen-bond acceptors (Lipinski definition) is 3. The van der Waals surface area contributed by atoms with Gasteiger partial charge in [0.05, 0.1) is 12.5 Å². The molecule has 3 heteroatoms. The Balaban J connectivity index is 4.85. The summed E-state index contributed by atoms with van der Waals surface area (Å²) < 4.78 is 4.80. The van der Waals surface area contributed by atoms with Crippen LogP contribution in [0.1, 0.15) is 33.6 Å². The molecular weight excluding hydrogens is 228 g/mol. The number of aliphatic hydroxyl groups is 1. The van der Waals surface area contributed by atoms with Crippen molar-refractivity contribution >= 4 is 5.97 Å². The predicted octanol–water partition coefficient (Wildman–Crippen LogP) is 1.85. The van der Waals surface area contributed by atoms with Crippen LogP contribution in [0.5, 0.6) is 0 Å². The topological polar surface area (TPSA) is 46.5 Å². The van der Waals surface area contributed by atoms with Crippen molar-refractivity contribution in [2.75, 3.05) is 6.61 Å². The first kappa shape index (κ1) is 16.6. The summed E-state index contributed by atoms with van der Waals surface area (Å²) >= 11 is 0. The number of hydrogen-bond donors (Lipinski definition) is 1. The first-order valence-corrected chi connectivity index (χ1v) is 6.23. The molecule has 3 nitrogen and oxygen atoms in total. The van der Waals surface area contributed by atoms with E-state index in [0.717, 1.165) is 0 Å². The fourth-order valence-corrected chi connectivity index (χ4v) is 2.00. The molecular formula is C15H22O3. The second-order valence-electron chi connectivity index (χ2n) is 4.54. The summed E-state index contributed by atoms with van der Waals surface area (Å²) in [6.07, 6.45) is 10.7. The summed E-state index contributed by atoms with van der Waals surface area (Å²) in [7, 11) is 0. The molecule has 0 rings (SSSR count). The van der Waals surface area contributed by atoms with E-state index in [9.17, 15) is 9.90 Å². The normalized spacial score (nSPS) is 15.3. The van der Waals surface area contributed by atoms with Gasteiger partial charge in [0.2, 0.25) is 0 Å². The van der Waals surface area contributed by atoms with Gasteiger partial charge >= 0.3 is 5.97 Å². The Morgan fingerprint density at radius 2 is 2.00 bits per heavy atom. The van der Waals surface area contributed by atoms with Crippen LogP contribution >= 0.6 is 0 Å². The molecule has 0 aliphatic carbocycles. The van der Waals surface area contributed by atoms with Crippen LogP contribution in [0.15, 0.2) is 0 Å². The first-order valence-electron chi connectivity index (χ1n) is 6.23. The standard InChI is InChI=1S/C15H22O3/c1-6-9-10-13(11(4)5)12(7-2)14(16)15(17)18-8-3/h1-2,11-14,16H,8-10H2,3-5H3/t12?,13-,14-/m1/s1. The molecule has 3 atom stereocenters. The number of ether oxygens (including phenoxy) is 1. The molecule has 0 radical (unpaired) electrons. The van der Waals surface area contributed by atoms with Gasteiger partial charge in [-0.05, 0) is 25.2 Å². The van der Waals surface area contributed by atoms with Crippen LogP contribution in [-0.2, 0) is 9.53 Å². The van der Waals surface area contributed by atoms with Crippen molar-refractivity contribution in [2.45, 2.75) is 39.7 Å². The number of carbonyl (C=O) groups excluding carboxylic acids is 1. The Kier molecular flexibility index (Phi) is 7.92. The minimum atomic E-state index is -1.28. The van der Waals surface area contributed by atoms with E-state index in [0.29, 0.717) is 12.8 Å². The van der Waals surface area contributed by atoms with Gasteiger partial charge in [-0.25, -0.2) is 4.79 Å². The van der Waals surface area contributed by atoms with Gasteiger partial charge in [0.1, 0.15) is 0 Å². The summed E-state index contributed by atoms with van der Waals surface area (Å²) in [4.78, 5) is 11.5. The Labute approximate surface area is 110 Å². The number of esters is 1. The lowest BCUT2D eigenvalue weighted by Crippen LogP contribution is -2.37. The van der Waals surface area contributed by atoms with Crippen LogP contribution in [0.3, 0.4) is 0 Å². The third kappa shape index (κ3) is 4.82. The van der Waals surface area contributed by atoms with Gasteiger partial charge in [-0.1, -0.05) is 19.8 Å². The zero-order chi connectivity index (χ0) is 14.1. The molecule has 18 heavy (non-hydrogen) atoms. The lowest BCUT2D eigenvalue weighted by molar-refractivity contribution is -0.156. The summed E-state index contributed by atoms with van der Waals surface area (Å²) in [5, 5.41) is 9.96. The summed E-state index contributed by atoms with van der Waals surface area (Å²) in [6, 6.07) is 0. The molecule has 1 unspecified atom stereocenters. The van der Waals surface area contributed by atoms with Gasteiger partial charge in [-0.3, -0.25) is 0 Å². The molecule has 0 aromatic rings. The van der Waals surface area contributed by atoms with Crippen LogP contribution < -0.4 is 0 Å². The van der Waals surface area contributed by atoms with E-state index in [-0.39, 0.29) is 18.4 Å². The fraction of sp³-hybridized carbons (Fsp3) is 0.667. The maximum Gasteiger partial charge on any atom is 0.336 e. The third-order valence-corrected chi connectivity index (χ3v) is 3.00. The molecule has 0 amide bonds. The number of carbonyl (C=O) groups is 1. The molecule has 0 saturated carbocycles. The highest BCUT2D eigenvalue weighted by atomic mass is 16.5. The Morgan fingerprint density at radius 1 is 1.39 bits per heavy atom. The fourth-order valence-electron chi connectivity index (χ4n) is 2.00. The van der Waals surface area contributed by atoms with E-state index in [1.807, 2.05) is 13.8 Å². The van der Waals surface area contributed by atoms with E-state index >= 15 is 0 Å². The van der Waals surface area contributed by atoms with Crippen molar-refractivity contribution in [3.8, 4) is 24.7 Å². The van der Waals surface area contributed by atoms with Crippen molar-refractivity contribution < 1.29 is 14.6 Å². The molecule has 0 spiro atoms. The Hall–Kier alpha value is -1.45. The average molecular weight is 250 g/mol. The molecule has 0 heterocycles. The second-order valence-corrected chi connectivity index (χ2v) is 4.54. The Bertz CT molecular complexity index is 333. The van der Waals surface area contributed by atoms with Gasteiger partial charge in [0.15, 0.2) is 6.10 Å². The molecule has 0 aliphatic rings. The third-order valence-electron chi connectivity index (χ3n) is 3.00. The van der Waals surface area contributed by atoms with Gasteiger partial charge in [-0.2, -0.15) is 0 Å². The quantitative estimate of drug-likeness (QED) is 0.554. The van der Waals surface area contributed by atoms with Crippen LogP contribution in [0.2, 0.25) is 0 Å². The van der Waals surface area contributed by atoms with Gasteiger partial charge in [0.25, 0.3) is 0 Å². The summed E-state index contributed by atoms with van der Waals surface area (Å²) in [5.74, 6) is 4.10. The number of terminal acetylenes is 2. The zero-order valence-corrected chi connectivity index (χ0v) is 11.3. The minimum Gasteiger partial charge on any atom is -0.464 e. The largest absolute Gasteiger partial charge is 0.464 e. The van der Waals surface area contributed by atoms with Crippen LogP contribution in [-0.4, -0.2) is 23.8 Å². The molecule has 0 fully saturated rings. The average Bonchev–Trinajstić information content (AvgIpc) is 2.33. The van der Waals surface area contributed by atoms with E-state index in [2.05, 4.69) is 11.8 Å². The first-order chi connectivity index (χ1) is 8.49. The zero-order valence-electron chi connectivity index (χ0n) is 11.3. The highest BCUT2D eigenvalue weighted by Crippen LogP contribution is 2.28. The molecule has 1 N–H and O–H groups in total. The summed E-state index contributed by atoms with van der Waals surface area (Å²) in [6.45, 7) is 5.92. The van der Waals surface area contributed by atoms with Crippen molar-refractivity contribution in [3.05, 3.63) is 0 Å². The molecule has 0 aliphatic heterocycles. The van der Waals surface area contributed by atoms with E-state index in [1.54, 1.807) is 6.92 Å². The maximum atomic E-state index is 11.5. The van der Waals surface area contributed by atoms with Crippen molar-refractivity contribution in [3.63, 3.8) is 0 Å². The van der Waals surface area contributed by atoms with Crippen molar-refractivity contribution in [1.29, 1.82) is 0 Å². The molecule has 0 saturated heterocycles. The van der Waals surface area contributed by atoms with Crippen molar-refractivity contribution in [2.24, 2.45) is 17.8 Å². The van der Waals surface area contributed by atoms with Crippen LogP contribution in [0, 0.1) is 42.4 Å². The predicted molar refractivity (Wildman–Crippen MR) is 71.4 cm³/mol. The number of rotatable bonds is 7. The summed E-state index contributed by atoms with van der Waals surface area (Å²) in [5.41, 5.74) is 0. The minimum absolute atomic E-state index is 0.00505. The second kappa shape index (κ2) is 8.61.